The van der Waals surface area contributed by atoms with Crippen molar-refractivity contribution in [2.45, 2.75) is 65.5 Å². The summed E-state index contributed by atoms with van der Waals surface area (Å²) in [6.07, 6.45) is -4.31. The normalized spacial score (nSPS) is 13.8. The van der Waals surface area contributed by atoms with Gasteiger partial charge in [0, 0.05) is 0 Å². The molecule has 0 unspecified atom stereocenters. The van der Waals surface area contributed by atoms with Gasteiger partial charge in [0.25, 0.3) is 0 Å². The lowest BCUT2D eigenvalue weighted by atomic mass is 9.77. The highest BCUT2D eigenvalue weighted by molar-refractivity contribution is 5.45. The van der Waals surface area contributed by atoms with Gasteiger partial charge >= 0.3 is 6.18 Å². The molecule has 0 heterocycles. The van der Waals surface area contributed by atoms with Crippen LogP contribution in [0, 0.1) is 6.92 Å². The number of rotatable bonds is 0. The summed E-state index contributed by atoms with van der Waals surface area (Å²) in [6.45, 7) is 13.1. The van der Waals surface area contributed by atoms with Crippen molar-refractivity contribution in [3.63, 3.8) is 0 Å². The Bertz CT molecular complexity index is 468. The van der Waals surface area contributed by atoms with E-state index < -0.39 is 17.2 Å². The molecule has 0 aliphatic carbocycles. The van der Waals surface area contributed by atoms with Gasteiger partial charge in [-0.25, -0.2) is 0 Å². The molecular formula is C16H23F3. The van der Waals surface area contributed by atoms with Crippen LogP contribution >= 0.6 is 0 Å². The molecule has 0 nitrogen and oxygen atoms in total. The van der Waals surface area contributed by atoms with Crippen LogP contribution in [0.1, 0.15) is 63.8 Å². The molecule has 0 saturated heterocycles. The van der Waals surface area contributed by atoms with Gasteiger partial charge in [0.15, 0.2) is 0 Å². The van der Waals surface area contributed by atoms with Crippen LogP contribution < -0.4 is 0 Å². The van der Waals surface area contributed by atoms with Crippen LogP contribution in [0.25, 0.3) is 0 Å². The van der Waals surface area contributed by atoms with Gasteiger partial charge in [0.1, 0.15) is 0 Å². The molecule has 1 aromatic rings. The van der Waals surface area contributed by atoms with Crippen molar-refractivity contribution in [2.75, 3.05) is 0 Å². The molecule has 0 atom stereocenters. The molecule has 19 heavy (non-hydrogen) atoms. The molecule has 108 valence electrons. The van der Waals surface area contributed by atoms with Crippen molar-refractivity contribution >= 4 is 0 Å². The van der Waals surface area contributed by atoms with Crippen molar-refractivity contribution < 1.29 is 13.2 Å². The highest BCUT2D eigenvalue weighted by Crippen LogP contribution is 2.41. The van der Waals surface area contributed by atoms with Crippen molar-refractivity contribution in [3.8, 4) is 0 Å². The van der Waals surface area contributed by atoms with Gasteiger partial charge in [-0.3, -0.25) is 0 Å². The Morgan fingerprint density at radius 1 is 0.684 bits per heavy atom. The summed E-state index contributed by atoms with van der Waals surface area (Å²) in [6, 6.07) is 3.03. The first-order chi connectivity index (χ1) is 8.24. The molecule has 0 radical (unpaired) electrons. The fourth-order valence-corrected chi connectivity index (χ4v) is 2.37. The van der Waals surface area contributed by atoms with Crippen LogP contribution in [0.5, 0.6) is 0 Å². The van der Waals surface area contributed by atoms with E-state index in [0.29, 0.717) is 5.56 Å². The molecule has 0 aromatic heterocycles. The summed E-state index contributed by atoms with van der Waals surface area (Å²) >= 11 is 0. The molecule has 0 bridgehead atoms. The van der Waals surface area contributed by atoms with Gasteiger partial charge in [0.2, 0.25) is 0 Å². The van der Waals surface area contributed by atoms with E-state index in [-0.39, 0.29) is 5.41 Å². The van der Waals surface area contributed by atoms with E-state index in [4.69, 9.17) is 0 Å². The Labute approximate surface area is 114 Å². The maximum atomic E-state index is 13.3. The molecule has 0 aliphatic heterocycles. The summed E-state index contributed by atoms with van der Waals surface area (Å²) in [5, 5.41) is 0. The predicted molar refractivity (Wildman–Crippen MR) is 73.6 cm³/mol. The smallest absolute Gasteiger partial charge is 0.166 e. The van der Waals surface area contributed by atoms with Crippen LogP contribution in [0.4, 0.5) is 13.2 Å². The first-order valence-electron chi connectivity index (χ1n) is 6.47. The minimum atomic E-state index is -4.31. The molecule has 0 aliphatic rings. The summed E-state index contributed by atoms with van der Waals surface area (Å²) in [5.41, 5.74) is 0.728. The number of aryl methyl sites for hydroxylation is 1. The van der Waals surface area contributed by atoms with E-state index >= 15 is 0 Å². The third-order valence-corrected chi connectivity index (χ3v) is 3.29. The van der Waals surface area contributed by atoms with Gasteiger partial charge in [-0.2, -0.15) is 13.2 Å². The third-order valence-electron chi connectivity index (χ3n) is 3.29. The third kappa shape index (κ3) is 3.52. The fourth-order valence-electron chi connectivity index (χ4n) is 2.37. The topological polar surface area (TPSA) is 0 Å². The summed E-state index contributed by atoms with van der Waals surface area (Å²) in [7, 11) is 0. The lowest BCUT2D eigenvalue weighted by molar-refractivity contribution is -0.138. The average molecular weight is 272 g/mol. The van der Waals surface area contributed by atoms with Crippen molar-refractivity contribution in [3.05, 3.63) is 34.4 Å². The van der Waals surface area contributed by atoms with Crippen LogP contribution in [-0.4, -0.2) is 0 Å². The second-order valence-corrected chi connectivity index (χ2v) is 7.21. The van der Waals surface area contributed by atoms with E-state index in [2.05, 4.69) is 0 Å². The molecule has 0 N–H and O–H groups in total. The minimum Gasteiger partial charge on any atom is -0.166 e. The van der Waals surface area contributed by atoms with Crippen LogP contribution in [-0.2, 0) is 17.0 Å². The Hall–Kier alpha value is -0.990. The molecule has 3 heteroatoms. The van der Waals surface area contributed by atoms with Gasteiger partial charge in [-0.15, -0.1) is 0 Å². The molecule has 1 aromatic carbocycles. The molecular weight excluding hydrogens is 249 g/mol. The predicted octanol–water partition coefficient (Wildman–Crippen LogP) is 5.61. The quantitative estimate of drug-likeness (QED) is 0.576. The zero-order valence-electron chi connectivity index (χ0n) is 12.8. The Balaban J connectivity index is 3.66. The number of benzene rings is 1. The van der Waals surface area contributed by atoms with E-state index in [1.165, 1.54) is 6.07 Å². The van der Waals surface area contributed by atoms with E-state index in [1.807, 2.05) is 48.5 Å². The lowest BCUT2D eigenvalue weighted by Gasteiger charge is -2.29. The Morgan fingerprint density at radius 2 is 1.11 bits per heavy atom. The van der Waals surface area contributed by atoms with Crippen molar-refractivity contribution in [2.24, 2.45) is 0 Å². The molecule has 0 amide bonds. The van der Waals surface area contributed by atoms with Gasteiger partial charge < -0.3 is 0 Å². The molecule has 0 saturated carbocycles. The highest BCUT2D eigenvalue weighted by atomic mass is 19.4. The first-order valence-corrected chi connectivity index (χ1v) is 6.47. The van der Waals surface area contributed by atoms with Crippen LogP contribution in [0.2, 0.25) is 0 Å². The SMILES string of the molecule is Cc1cc(C(C)(C)C)c(C(F)(F)F)cc1C(C)(C)C. The lowest BCUT2D eigenvalue weighted by Crippen LogP contribution is -2.23. The summed E-state index contributed by atoms with van der Waals surface area (Å²) < 4.78 is 39.8. The maximum absolute atomic E-state index is 13.3. The number of halogens is 3. The van der Waals surface area contributed by atoms with Crippen LogP contribution in [0.15, 0.2) is 12.1 Å². The van der Waals surface area contributed by atoms with E-state index in [1.54, 1.807) is 6.07 Å². The zero-order valence-corrected chi connectivity index (χ0v) is 12.8. The molecule has 0 fully saturated rings. The minimum absolute atomic E-state index is 0.291. The number of alkyl halides is 3. The van der Waals surface area contributed by atoms with Crippen molar-refractivity contribution in [1.82, 2.24) is 0 Å². The molecule has 0 spiro atoms. The average Bonchev–Trinajstić information content (AvgIpc) is 2.11. The first kappa shape index (κ1) is 16.1. The van der Waals surface area contributed by atoms with Gasteiger partial charge in [0.05, 0.1) is 5.56 Å². The number of hydrogen-bond donors (Lipinski definition) is 0. The Morgan fingerprint density at radius 3 is 1.42 bits per heavy atom. The summed E-state index contributed by atoms with van der Waals surface area (Å²) in [5.74, 6) is 0. The largest absolute Gasteiger partial charge is 0.416 e. The fraction of sp³-hybridized carbons (Fsp3) is 0.625. The van der Waals surface area contributed by atoms with Gasteiger partial charge in [-0.05, 0) is 40.5 Å². The number of hydrogen-bond acceptors (Lipinski definition) is 0. The van der Waals surface area contributed by atoms with E-state index in [9.17, 15) is 13.2 Å². The second-order valence-electron chi connectivity index (χ2n) is 7.21. The van der Waals surface area contributed by atoms with E-state index in [0.717, 1.165) is 11.1 Å². The summed E-state index contributed by atoms with van der Waals surface area (Å²) in [4.78, 5) is 0. The maximum Gasteiger partial charge on any atom is 0.416 e. The standard InChI is InChI=1S/C16H23F3/c1-10-8-12(15(5,6)7)13(16(17,18)19)9-11(10)14(2,3)4/h8-9H,1-7H3. The highest BCUT2D eigenvalue weighted by Gasteiger charge is 2.37. The second kappa shape index (κ2) is 4.53. The monoisotopic (exact) mass is 272 g/mol. The van der Waals surface area contributed by atoms with Crippen LogP contribution in [0.3, 0.4) is 0 Å². The zero-order chi connectivity index (χ0) is 15.2. The van der Waals surface area contributed by atoms with Gasteiger partial charge in [-0.1, -0.05) is 47.6 Å². The molecule has 1 rings (SSSR count). The van der Waals surface area contributed by atoms with Crippen molar-refractivity contribution in [1.29, 1.82) is 0 Å². The Kier molecular flexibility index (Phi) is 3.83.